The van der Waals surface area contributed by atoms with Gasteiger partial charge in [0, 0.05) is 30.3 Å². The summed E-state index contributed by atoms with van der Waals surface area (Å²) in [5, 5.41) is 5.35. The van der Waals surface area contributed by atoms with Crippen LogP contribution in [0, 0.1) is 0 Å². The van der Waals surface area contributed by atoms with Gasteiger partial charge in [0.1, 0.15) is 0 Å². The second-order valence-corrected chi connectivity index (χ2v) is 4.42. The van der Waals surface area contributed by atoms with Gasteiger partial charge >= 0.3 is 0 Å². The molecule has 4 nitrogen and oxygen atoms in total. The van der Waals surface area contributed by atoms with Crippen LogP contribution in [-0.4, -0.2) is 30.8 Å². The monoisotopic (exact) mass is 286 g/mol. The highest BCUT2D eigenvalue weighted by atomic mass is 35.5. The fourth-order valence-electron chi connectivity index (χ4n) is 1.31. The van der Waals surface area contributed by atoms with E-state index in [1.807, 2.05) is 6.07 Å². The lowest BCUT2D eigenvalue weighted by molar-refractivity contribution is -0.120. The second kappa shape index (κ2) is 8.00. The minimum atomic E-state index is -0.202. The third-order valence-electron chi connectivity index (χ3n) is 2.20. The first-order valence-electron chi connectivity index (χ1n) is 5.54. The summed E-state index contributed by atoms with van der Waals surface area (Å²) in [5.74, 6) is -0.0216. The van der Waals surface area contributed by atoms with E-state index in [4.69, 9.17) is 11.6 Å². The smallest absolute Gasteiger partial charge is 0.252 e. The van der Waals surface area contributed by atoms with Crippen molar-refractivity contribution in [3.05, 3.63) is 29.8 Å². The molecule has 6 heteroatoms. The average molecular weight is 287 g/mol. The largest absolute Gasteiger partial charge is 0.354 e. The van der Waals surface area contributed by atoms with Gasteiger partial charge in [0.2, 0.25) is 5.91 Å². The van der Waals surface area contributed by atoms with Crippen LogP contribution in [-0.2, 0) is 4.79 Å². The van der Waals surface area contributed by atoms with E-state index in [0.29, 0.717) is 29.4 Å². The Kier molecular flexibility index (Phi) is 6.60. The lowest BCUT2D eigenvalue weighted by Crippen LogP contribution is -2.34. The standard InChI is InChI=1S/C12H15ClN2O2S/c13-6-5-11(16)14-7-8-15-12(17)9-3-1-2-4-10(9)18/h1-4,18H,5-8H2,(H,14,16)(H,15,17). The van der Waals surface area contributed by atoms with E-state index in [-0.39, 0.29) is 18.2 Å². The van der Waals surface area contributed by atoms with E-state index in [1.165, 1.54) is 0 Å². The Bertz CT molecular complexity index is 426. The van der Waals surface area contributed by atoms with Crippen molar-refractivity contribution in [2.75, 3.05) is 19.0 Å². The maximum absolute atomic E-state index is 11.7. The van der Waals surface area contributed by atoms with Crippen LogP contribution in [0.1, 0.15) is 16.8 Å². The van der Waals surface area contributed by atoms with Crippen LogP contribution in [0.2, 0.25) is 0 Å². The summed E-state index contributed by atoms with van der Waals surface area (Å²) in [6.07, 6.45) is 0.287. The van der Waals surface area contributed by atoms with Gasteiger partial charge in [-0.15, -0.1) is 24.2 Å². The minimum Gasteiger partial charge on any atom is -0.354 e. The van der Waals surface area contributed by atoms with Crippen molar-refractivity contribution in [2.24, 2.45) is 0 Å². The molecular formula is C12H15ClN2O2S. The molecule has 0 fully saturated rings. The van der Waals surface area contributed by atoms with E-state index in [2.05, 4.69) is 23.3 Å². The summed E-state index contributed by atoms with van der Waals surface area (Å²) in [6.45, 7) is 0.755. The average Bonchev–Trinajstić information content (AvgIpc) is 2.35. The molecule has 0 aliphatic heterocycles. The van der Waals surface area contributed by atoms with Gasteiger partial charge in [-0.2, -0.15) is 0 Å². The number of thiol groups is 1. The summed E-state index contributed by atoms with van der Waals surface area (Å²) in [5.41, 5.74) is 0.521. The number of benzene rings is 1. The topological polar surface area (TPSA) is 58.2 Å². The van der Waals surface area contributed by atoms with Gasteiger partial charge in [-0.05, 0) is 12.1 Å². The lowest BCUT2D eigenvalue weighted by Gasteiger charge is -2.07. The molecule has 0 spiro atoms. The number of halogens is 1. The third kappa shape index (κ3) is 4.98. The van der Waals surface area contributed by atoms with E-state index >= 15 is 0 Å². The molecule has 2 amide bonds. The number of rotatable bonds is 6. The molecule has 0 unspecified atom stereocenters. The molecule has 0 radical (unpaired) electrons. The van der Waals surface area contributed by atoms with Crippen molar-refractivity contribution in [3.63, 3.8) is 0 Å². The summed E-state index contributed by atoms with van der Waals surface area (Å²) in [7, 11) is 0. The molecule has 1 rings (SSSR count). The quantitative estimate of drug-likeness (QED) is 0.421. The van der Waals surface area contributed by atoms with Crippen LogP contribution in [0.5, 0.6) is 0 Å². The number of alkyl halides is 1. The van der Waals surface area contributed by atoms with Gasteiger partial charge in [0.15, 0.2) is 0 Å². The van der Waals surface area contributed by atoms with E-state index < -0.39 is 0 Å². The van der Waals surface area contributed by atoms with Crippen molar-refractivity contribution < 1.29 is 9.59 Å². The number of nitrogens with one attached hydrogen (secondary N) is 2. The fourth-order valence-corrected chi connectivity index (χ4v) is 1.75. The predicted octanol–water partition coefficient (Wildman–Crippen LogP) is 1.45. The Morgan fingerprint density at radius 3 is 2.50 bits per heavy atom. The Morgan fingerprint density at radius 1 is 1.17 bits per heavy atom. The molecule has 0 saturated heterocycles. The van der Waals surface area contributed by atoms with Crippen LogP contribution in [0.4, 0.5) is 0 Å². The Hall–Kier alpha value is -1.20. The zero-order valence-corrected chi connectivity index (χ0v) is 11.4. The van der Waals surface area contributed by atoms with Crippen molar-refractivity contribution in [2.45, 2.75) is 11.3 Å². The highest BCUT2D eigenvalue weighted by Gasteiger charge is 2.07. The first-order valence-corrected chi connectivity index (χ1v) is 6.52. The first-order chi connectivity index (χ1) is 8.65. The second-order valence-electron chi connectivity index (χ2n) is 3.56. The van der Waals surface area contributed by atoms with Gasteiger partial charge in [0.25, 0.3) is 5.91 Å². The SMILES string of the molecule is O=C(CCCl)NCCNC(=O)c1ccccc1S. The number of hydrogen-bond donors (Lipinski definition) is 3. The van der Waals surface area contributed by atoms with Crippen LogP contribution < -0.4 is 10.6 Å². The molecule has 1 aromatic rings. The number of hydrogen-bond acceptors (Lipinski definition) is 3. The summed E-state index contributed by atoms with van der Waals surface area (Å²) in [4.78, 5) is 23.5. The molecule has 0 aliphatic rings. The molecule has 0 aromatic heterocycles. The van der Waals surface area contributed by atoms with Gasteiger partial charge in [-0.25, -0.2) is 0 Å². The zero-order valence-electron chi connectivity index (χ0n) is 9.78. The summed E-state index contributed by atoms with van der Waals surface area (Å²) in [6, 6.07) is 7.03. The number of amides is 2. The first kappa shape index (κ1) is 14.9. The van der Waals surface area contributed by atoms with E-state index in [0.717, 1.165) is 0 Å². The van der Waals surface area contributed by atoms with Gasteiger partial charge in [-0.3, -0.25) is 9.59 Å². The molecule has 98 valence electrons. The van der Waals surface area contributed by atoms with Gasteiger partial charge in [-0.1, -0.05) is 12.1 Å². The highest BCUT2D eigenvalue weighted by molar-refractivity contribution is 7.80. The highest BCUT2D eigenvalue weighted by Crippen LogP contribution is 2.12. The molecular weight excluding hydrogens is 272 g/mol. The van der Waals surface area contributed by atoms with Crippen LogP contribution in [0.15, 0.2) is 29.2 Å². The van der Waals surface area contributed by atoms with E-state index in [1.54, 1.807) is 18.2 Å². The van der Waals surface area contributed by atoms with Gasteiger partial charge in [0.05, 0.1) is 5.56 Å². The van der Waals surface area contributed by atoms with Gasteiger partial charge < -0.3 is 10.6 Å². The molecule has 0 saturated carbocycles. The Morgan fingerprint density at radius 2 is 1.83 bits per heavy atom. The zero-order chi connectivity index (χ0) is 13.4. The molecule has 2 N–H and O–H groups in total. The third-order valence-corrected chi connectivity index (χ3v) is 2.78. The molecule has 1 aromatic carbocycles. The maximum Gasteiger partial charge on any atom is 0.252 e. The summed E-state index contributed by atoms with van der Waals surface area (Å²) >= 11 is 9.62. The molecule has 0 bridgehead atoms. The Balaban J connectivity index is 2.30. The maximum atomic E-state index is 11.7. The molecule has 0 atom stereocenters. The van der Waals surface area contributed by atoms with Crippen molar-refractivity contribution in [1.29, 1.82) is 0 Å². The van der Waals surface area contributed by atoms with Crippen molar-refractivity contribution >= 4 is 36.0 Å². The van der Waals surface area contributed by atoms with Crippen LogP contribution in [0.3, 0.4) is 0 Å². The minimum absolute atomic E-state index is 0.117. The normalized spacial score (nSPS) is 9.89. The summed E-state index contributed by atoms with van der Waals surface area (Å²) < 4.78 is 0. The number of carbonyl (C=O) groups excluding carboxylic acids is 2. The fraction of sp³-hybridized carbons (Fsp3) is 0.333. The molecule has 0 aliphatic carbocycles. The van der Waals surface area contributed by atoms with Crippen LogP contribution >= 0.6 is 24.2 Å². The van der Waals surface area contributed by atoms with Crippen molar-refractivity contribution in [3.8, 4) is 0 Å². The molecule has 18 heavy (non-hydrogen) atoms. The van der Waals surface area contributed by atoms with E-state index in [9.17, 15) is 9.59 Å². The lowest BCUT2D eigenvalue weighted by atomic mass is 10.2. The molecule has 0 heterocycles. The number of carbonyl (C=O) groups is 2. The predicted molar refractivity (Wildman–Crippen MR) is 74.4 cm³/mol. The van der Waals surface area contributed by atoms with Crippen LogP contribution in [0.25, 0.3) is 0 Å². The van der Waals surface area contributed by atoms with Crippen molar-refractivity contribution in [1.82, 2.24) is 10.6 Å². The Labute approximate surface area is 117 Å².